The van der Waals surface area contributed by atoms with Gasteiger partial charge < -0.3 is 0 Å². The van der Waals surface area contributed by atoms with Gasteiger partial charge in [-0.25, -0.2) is 8.78 Å². The Morgan fingerprint density at radius 2 is 1.00 bits per heavy atom. The van der Waals surface area contributed by atoms with Gasteiger partial charge in [-0.2, -0.15) is 0 Å². The van der Waals surface area contributed by atoms with Gasteiger partial charge in [0.1, 0.15) is 11.6 Å². The summed E-state index contributed by atoms with van der Waals surface area (Å²) in [4.78, 5) is 0. The molecule has 0 nitrogen and oxygen atoms in total. The fourth-order valence-electron chi connectivity index (χ4n) is 4.25. The predicted octanol–water partition coefficient (Wildman–Crippen LogP) is 9.04. The molecule has 3 heteroatoms. The van der Waals surface area contributed by atoms with E-state index in [4.69, 9.17) is 0 Å². The molecule has 0 fully saturated rings. The van der Waals surface area contributed by atoms with Gasteiger partial charge >= 0.3 is 0 Å². The first kappa shape index (κ1) is 22.5. The van der Waals surface area contributed by atoms with E-state index in [1.54, 1.807) is 24.3 Å². The molecule has 0 saturated heterocycles. The third kappa shape index (κ3) is 4.53. The Morgan fingerprint density at radius 3 is 1.53 bits per heavy atom. The highest BCUT2D eigenvalue weighted by molar-refractivity contribution is 14.1. The zero-order valence-electron chi connectivity index (χ0n) is 18.5. The van der Waals surface area contributed by atoms with Crippen molar-refractivity contribution >= 4 is 44.5 Å². The molecule has 5 aromatic carbocycles. The van der Waals surface area contributed by atoms with E-state index >= 15 is 0 Å². The van der Waals surface area contributed by atoms with Crippen LogP contribution in [0.4, 0.5) is 8.78 Å². The molecule has 0 radical (unpaired) electrons. The van der Waals surface area contributed by atoms with Crippen molar-refractivity contribution < 1.29 is 8.78 Å². The molecule has 0 unspecified atom stereocenters. The van der Waals surface area contributed by atoms with Crippen LogP contribution in [-0.2, 0) is 0 Å². The quantitative estimate of drug-likeness (QED) is 0.153. The zero-order valence-corrected chi connectivity index (χ0v) is 20.7. The number of fused-ring (bicyclic) bond motifs is 1. The summed E-state index contributed by atoms with van der Waals surface area (Å²) in [5, 5.41) is 2.31. The standard InChI is InChI=1S/C31H21F2I/c1-20-6-8-23(9-7-20)31(28-18-24-4-2-3-5-25(24)19-29(28)34)30(21-10-14-26(32)15-11-21)22-12-16-27(33)17-13-22/h2-19H,1H3. The Kier molecular flexibility index (Phi) is 6.29. The van der Waals surface area contributed by atoms with Gasteiger partial charge in [-0.05, 0) is 110 Å². The first-order valence-electron chi connectivity index (χ1n) is 11.0. The summed E-state index contributed by atoms with van der Waals surface area (Å²) in [6.45, 7) is 2.06. The van der Waals surface area contributed by atoms with Crippen LogP contribution >= 0.6 is 22.6 Å². The molecule has 0 aliphatic heterocycles. The third-order valence-electron chi connectivity index (χ3n) is 5.96. The SMILES string of the molecule is Cc1ccc(C(=C(c2ccc(F)cc2)c2ccc(F)cc2)c2cc3ccccc3cc2I)cc1. The molecule has 0 spiro atoms. The minimum atomic E-state index is -0.292. The zero-order chi connectivity index (χ0) is 23.7. The molecule has 0 heterocycles. The van der Waals surface area contributed by atoms with Crippen LogP contribution in [-0.4, -0.2) is 0 Å². The maximum atomic E-state index is 13.9. The smallest absolute Gasteiger partial charge is 0.123 e. The highest BCUT2D eigenvalue weighted by Gasteiger charge is 2.19. The van der Waals surface area contributed by atoms with Gasteiger partial charge in [0.25, 0.3) is 0 Å². The molecular formula is C31H21F2I. The molecule has 0 N–H and O–H groups in total. The lowest BCUT2D eigenvalue weighted by molar-refractivity contribution is 0.627. The van der Waals surface area contributed by atoms with Crippen molar-refractivity contribution in [2.75, 3.05) is 0 Å². The van der Waals surface area contributed by atoms with Gasteiger partial charge in [0.2, 0.25) is 0 Å². The Hall–Kier alpha value is -3.31. The van der Waals surface area contributed by atoms with E-state index in [0.29, 0.717) is 0 Å². The molecule has 0 bridgehead atoms. The van der Waals surface area contributed by atoms with Crippen molar-refractivity contribution in [3.8, 4) is 0 Å². The molecular weight excluding hydrogens is 537 g/mol. The predicted molar refractivity (Wildman–Crippen MR) is 146 cm³/mol. The van der Waals surface area contributed by atoms with E-state index in [9.17, 15) is 8.78 Å². The van der Waals surface area contributed by atoms with Crippen LogP contribution < -0.4 is 0 Å². The van der Waals surface area contributed by atoms with Crippen molar-refractivity contribution in [1.82, 2.24) is 0 Å². The normalized spacial score (nSPS) is 10.9. The molecule has 0 saturated carbocycles. The number of aryl methyl sites for hydroxylation is 1. The Labute approximate surface area is 211 Å². The van der Waals surface area contributed by atoms with Crippen molar-refractivity contribution in [2.45, 2.75) is 6.92 Å². The molecule has 5 aromatic rings. The fraction of sp³-hybridized carbons (Fsp3) is 0.0323. The summed E-state index contributed by atoms with van der Waals surface area (Å²) in [6.07, 6.45) is 0. The van der Waals surface area contributed by atoms with Crippen molar-refractivity contribution in [3.05, 3.63) is 152 Å². The summed E-state index contributed by atoms with van der Waals surface area (Å²) in [5.74, 6) is -0.584. The van der Waals surface area contributed by atoms with E-state index in [2.05, 4.69) is 78.0 Å². The van der Waals surface area contributed by atoms with Crippen LogP contribution in [0.5, 0.6) is 0 Å². The summed E-state index contributed by atoms with van der Waals surface area (Å²) in [6, 6.07) is 34.1. The highest BCUT2D eigenvalue weighted by Crippen LogP contribution is 2.40. The van der Waals surface area contributed by atoms with Crippen LogP contribution in [0.2, 0.25) is 0 Å². The first-order chi connectivity index (χ1) is 16.5. The van der Waals surface area contributed by atoms with Crippen LogP contribution in [0, 0.1) is 22.1 Å². The van der Waals surface area contributed by atoms with E-state index < -0.39 is 0 Å². The third-order valence-corrected chi connectivity index (χ3v) is 6.85. The number of rotatable bonds is 4. The van der Waals surface area contributed by atoms with Gasteiger partial charge in [0.15, 0.2) is 0 Å². The second kappa shape index (κ2) is 9.51. The molecule has 0 aliphatic rings. The Balaban J connectivity index is 1.91. The lowest BCUT2D eigenvalue weighted by Crippen LogP contribution is -2.00. The van der Waals surface area contributed by atoms with Crippen molar-refractivity contribution in [2.24, 2.45) is 0 Å². The summed E-state index contributed by atoms with van der Waals surface area (Å²) in [7, 11) is 0. The van der Waals surface area contributed by atoms with E-state index in [-0.39, 0.29) is 11.6 Å². The summed E-state index contributed by atoms with van der Waals surface area (Å²) < 4.78 is 28.8. The number of halogens is 3. The Bertz CT molecular complexity index is 1450. The van der Waals surface area contributed by atoms with Gasteiger partial charge in [-0.1, -0.05) is 78.4 Å². The van der Waals surface area contributed by atoms with Gasteiger partial charge in [-0.15, -0.1) is 0 Å². The summed E-state index contributed by atoms with van der Waals surface area (Å²) in [5.41, 5.74) is 6.97. The topological polar surface area (TPSA) is 0 Å². The largest absolute Gasteiger partial charge is 0.207 e. The first-order valence-corrected chi connectivity index (χ1v) is 12.1. The highest BCUT2D eigenvalue weighted by atomic mass is 127. The molecule has 166 valence electrons. The minimum Gasteiger partial charge on any atom is -0.207 e. The lowest BCUT2D eigenvalue weighted by atomic mass is 9.85. The monoisotopic (exact) mass is 558 g/mol. The van der Waals surface area contributed by atoms with E-state index in [0.717, 1.165) is 42.4 Å². The molecule has 0 amide bonds. The second-order valence-corrected chi connectivity index (χ2v) is 9.47. The van der Waals surface area contributed by atoms with Gasteiger partial charge in [0.05, 0.1) is 0 Å². The van der Waals surface area contributed by atoms with Crippen LogP contribution in [0.1, 0.15) is 27.8 Å². The van der Waals surface area contributed by atoms with E-state index in [1.165, 1.54) is 35.2 Å². The molecule has 34 heavy (non-hydrogen) atoms. The second-order valence-electron chi connectivity index (χ2n) is 8.31. The van der Waals surface area contributed by atoms with Crippen molar-refractivity contribution in [3.63, 3.8) is 0 Å². The molecule has 0 aromatic heterocycles. The lowest BCUT2D eigenvalue weighted by Gasteiger charge is -2.20. The van der Waals surface area contributed by atoms with Crippen molar-refractivity contribution in [1.29, 1.82) is 0 Å². The van der Waals surface area contributed by atoms with Crippen LogP contribution in [0.25, 0.3) is 21.9 Å². The number of hydrogen-bond donors (Lipinski definition) is 0. The average Bonchev–Trinajstić information content (AvgIpc) is 2.85. The number of hydrogen-bond acceptors (Lipinski definition) is 0. The average molecular weight is 558 g/mol. The van der Waals surface area contributed by atoms with Gasteiger partial charge in [0, 0.05) is 3.57 Å². The molecule has 0 aliphatic carbocycles. The fourth-order valence-corrected chi connectivity index (χ4v) is 5.01. The van der Waals surface area contributed by atoms with Crippen LogP contribution in [0.15, 0.2) is 109 Å². The minimum absolute atomic E-state index is 0.292. The maximum Gasteiger partial charge on any atom is 0.123 e. The number of benzene rings is 5. The van der Waals surface area contributed by atoms with E-state index in [1.807, 2.05) is 12.1 Å². The molecule has 0 atom stereocenters. The maximum absolute atomic E-state index is 13.9. The molecule has 5 rings (SSSR count). The summed E-state index contributed by atoms with van der Waals surface area (Å²) >= 11 is 2.39. The Morgan fingerprint density at radius 1 is 0.559 bits per heavy atom. The van der Waals surface area contributed by atoms with Gasteiger partial charge in [-0.3, -0.25) is 0 Å². The van der Waals surface area contributed by atoms with Crippen LogP contribution in [0.3, 0.4) is 0 Å².